The number of methoxy groups -OCH3 is 1. The van der Waals surface area contributed by atoms with Crippen LogP contribution in [0.4, 0.5) is 15.3 Å². The van der Waals surface area contributed by atoms with Gasteiger partial charge in [-0.3, -0.25) is 9.69 Å². The number of carbonyl (C=O) groups excluding carboxylic acids is 3. The smallest absolute Gasteiger partial charge is 0.410 e. The number of ether oxygens (including phenoxy) is 2. The fourth-order valence-electron chi connectivity index (χ4n) is 4.29. The Morgan fingerprint density at radius 2 is 1.70 bits per heavy atom. The van der Waals surface area contributed by atoms with Crippen LogP contribution < -0.4 is 4.90 Å². The third kappa shape index (κ3) is 7.11. The minimum absolute atomic E-state index is 0.0449. The van der Waals surface area contributed by atoms with E-state index in [9.17, 15) is 14.4 Å². The van der Waals surface area contributed by atoms with Gasteiger partial charge in [-0.05, 0) is 70.1 Å². The molecule has 2 saturated heterocycles. The van der Waals surface area contributed by atoms with E-state index in [0.717, 1.165) is 43.6 Å². The zero-order chi connectivity index (χ0) is 24.0. The fourth-order valence-corrected chi connectivity index (χ4v) is 4.29. The normalized spacial score (nSPS) is 17.5. The number of amides is 3. The number of aryl methyl sites for hydroxylation is 1. The summed E-state index contributed by atoms with van der Waals surface area (Å²) in [4.78, 5) is 42.0. The number of urea groups is 1. The number of likely N-dealkylation sites (tertiary alicyclic amines) is 1. The maximum Gasteiger partial charge on any atom is 0.410 e. The third-order valence-electron chi connectivity index (χ3n) is 6.26. The summed E-state index contributed by atoms with van der Waals surface area (Å²) < 4.78 is 10.1. The number of carbonyl (C=O) groups is 3. The first-order valence-electron chi connectivity index (χ1n) is 11.9. The summed E-state index contributed by atoms with van der Waals surface area (Å²) in [6, 6.07) is 7.86. The van der Waals surface area contributed by atoms with Crippen LogP contribution in [0.15, 0.2) is 24.3 Å². The molecular weight excluding hydrogens is 422 g/mol. The van der Waals surface area contributed by atoms with Gasteiger partial charge in [0.25, 0.3) is 0 Å². The molecule has 0 bridgehead atoms. The van der Waals surface area contributed by atoms with Gasteiger partial charge in [-0.2, -0.15) is 0 Å². The molecular formula is C25H37N3O5. The first kappa shape index (κ1) is 24.9. The Hall–Kier alpha value is -2.77. The van der Waals surface area contributed by atoms with E-state index in [1.807, 2.05) is 54.8 Å². The van der Waals surface area contributed by atoms with E-state index in [0.29, 0.717) is 38.4 Å². The van der Waals surface area contributed by atoms with Crippen LogP contribution >= 0.6 is 0 Å². The second-order valence-corrected chi connectivity index (χ2v) is 9.86. The summed E-state index contributed by atoms with van der Waals surface area (Å²) in [6.07, 6.45) is 3.58. The van der Waals surface area contributed by atoms with Crippen molar-refractivity contribution in [3.63, 3.8) is 0 Å². The molecule has 0 radical (unpaired) electrons. The SMILES string of the molecule is COC(=O)CCc1ccc(N2CCN(CCC3CCN(C(=O)OC(C)(C)C)CC3)C2=O)cc1. The summed E-state index contributed by atoms with van der Waals surface area (Å²) in [5.41, 5.74) is 1.46. The standard InChI is InChI=1S/C25H37N3O5/c1-25(2,3)33-24(31)27-15-12-20(13-16-27)11-14-26-17-18-28(23(26)30)21-8-5-19(6-9-21)7-10-22(29)32-4/h5-6,8-9,20H,7,10-18H2,1-4H3. The minimum Gasteiger partial charge on any atom is -0.469 e. The van der Waals surface area contributed by atoms with Gasteiger partial charge in [0.15, 0.2) is 0 Å². The molecule has 0 aromatic heterocycles. The molecule has 8 heteroatoms. The van der Waals surface area contributed by atoms with Gasteiger partial charge in [0.2, 0.25) is 0 Å². The summed E-state index contributed by atoms with van der Waals surface area (Å²) in [5, 5.41) is 0. The van der Waals surface area contributed by atoms with Crippen LogP contribution in [0.3, 0.4) is 0 Å². The van der Waals surface area contributed by atoms with Gasteiger partial charge in [0, 0.05) is 44.8 Å². The van der Waals surface area contributed by atoms with E-state index in [2.05, 4.69) is 4.74 Å². The van der Waals surface area contributed by atoms with Gasteiger partial charge in [-0.15, -0.1) is 0 Å². The highest BCUT2D eigenvalue weighted by Crippen LogP contribution is 2.25. The molecule has 0 saturated carbocycles. The predicted octanol–water partition coefficient (Wildman–Crippen LogP) is 4.07. The molecule has 182 valence electrons. The number of esters is 1. The van der Waals surface area contributed by atoms with Crippen molar-refractivity contribution in [3.05, 3.63) is 29.8 Å². The van der Waals surface area contributed by atoms with Crippen molar-refractivity contribution in [2.45, 2.75) is 58.5 Å². The summed E-state index contributed by atoms with van der Waals surface area (Å²) in [6.45, 7) is 9.21. The third-order valence-corrected chi connectivity index (χ3v) is 6.26. The van der Waals surface area contributed by atoms with Crippen molar-refractivity contribution in [1.29, 1.82) is 0 Å². The number of nitrogens with zero attached hydrogens (tertiary/aromatic N) is 3. The van der Waals surface area contributed by atoms with Crippen molar-refractivity contribution in [1.82, 2.24) is 9.80 Å². The Bertz CT molecular complexity index is 825. The van der Waals surface area contributed by atoms with E-state index < -0.39 is 5.60 Å². The van der Waals surface area contributed by atoms with Gasteiger partial charge in [-0.25, -0.2) is 9.59 Å². The molecule has 3 rings (SSSR count). The molecule has 0 atom stereocenters. The van der Waals surface area contributed by atoms with Crippen LogP contribution in [0.2, 0.25) is 0 Å². The predicted molar refractivity (Wildman–Crippen MR) is 126 cm³/mol. The van der Waals surface area contributed by atoms with Crippen LogP contribution in [-0.4, -0.2) is 73.3 Å². The van der Waals surface area contributed by atoms with E-state index in [4.69, 9.17) is 4.74 Å². The average molecular weight is 460 g/mol. The highest BCUT2D eigenvalue weighted by Gasteiger charge is 2.31. The molecule has 33 heavy (non-hydrogen) atoms. The number of anilines is 1. The number of rotatable bonds is 7. The maximum absolute atomic E-state index is 12.9. The summed E-state index contributed by atoms with van der Waals surface area (Å²) >= 11 is 0. The van der Waals surface area contributed by atoms with Crippen molar-refractivity contribution < 1.29 is 23.9 Å². The second kappa shape index (κ2) is 10.9. The molecule has 0 N–H and O–H groups in total. The van der Waals surface area contributed by atoms with Gasteiger partial charge >= 0.3 is 18.1 Å². The van der Waals surface area contributed by atoms with Crippen molar-refractivity contribution in [2.24, 2.45) is 5.92 Å². The Kier molecular flexibility index (Phi) is 8.21. The molecule has 2 fully saturated rings. The molecule has 0 spiro atoms. The number of benzene rings is 1. The maximum atomic E-state index is 12.9. The van der Waals surface area contributed by atoms with E-state index in [1.165, 1.54) is 7.11 Å². The van der Waals surface area contributed by atoms with Crippen LogP contribution in [-0.2, 0) is 20.7 Å². The number of hydrogen-bond donors (Lipinski definition) is 0. The molecule has 3 amide bonds. The Morgan fingerprint density at radius 3 is 2.30 bits per heavy atom. The molecule has 2 aliphatic heterocycles. The lowest BCUT2D eigenvalue weighted by Gasteiger charge is -2.34. The first-order valence-corrected chi connectivity index (χ1v) is 11.9. The van der Waals surface area contributed by atoms with E-state index in [1.54, 1.807) is 4.90 Å². The second-order valence-electron chi connectivity index (χ2n) is 9.86. The Balaban J connectivity index is 1.42. The molecule has 8 nitrogen and oxygen atoms in total. The van der Waals surface area contributed by atoms with Crippen LogP contribution in [0.5, 0.6) is 0 Å². The molecule has 0 aliphatic carbocycles. The molecule has 0 unspecified atom stereocenters. The fraction of sp³-hybridized carbons (Fsp3) is 0.640. The molecule has 1 aromatic carbocycles. The molecule has 1 aromatic rings. The topological polar surface area (TPSA) is 79.4 Å². The van der Waals surface area contributed by atoms with Crippen molar-refractivity contribution in [2.75, 3.05) is 44.7 Å². The Labute approximate surface area is 196 Å². The van der Waals surface area contributed by atoms with Gasteiger partial charge in [0.05, 0.1) is 7.11 Å². The first-order chi connectivity index (χ1) is 15.7. The highest BCUT2D eigenvalue weighted by molar-refractivity contribution is 5.94. The van der Waals surface area contributed by atoms with Gasteiger partial charge in [0.1, 0.15) is 5.60 Å². The van der Waals surface area contributed by atoms with Crippen LogP contribution in [0, 0.1) is 5.92 Å². The van der Waals surface area contributed by atoms with Crippen LogP contribution in [0.1, 0.15) is 52.0 Å². The zero-order valence-electron chi connectivity index (χ0n) is 20.3. The highest BCUT2D eigenvalue weighted by atomic mass is 16.6. The lowest BCUT2D eigenvalue weighted by molar-refractivity contribution is -0.140. The monoisotopic (exact) mass is 459 g/mol. The summed E-state index contributed by atoms with van der Waals surface area (Å²) in [7, 11) is 1.39. The quantitative estimate of drug-likeness (QED) is 0.574. The van der Waals surface area contributed by atoms with Crippen molar-refractivity contribution in [3.8, 4) is 0 Å². The van der Waals surface area contributed by atoms with E-state index >= 15 is 0 Å². The lowest BCUT2D eigenvalue weighted by Crippen LogP contribution is -2.42. The van der Waals surface area contributed by atoms with E-state index in [-0.39, 0.29) is 18.1 Å². The largest absolute Gasteiger partial charge is 0.469 e. The Morgan fingerprint density at radius 1 is 1.03 bits per heavy atom. The van der Waals surface area contributed by atoms with Gasteiger partial charge in [-0.1, -0.05) is 12.1 Å². The average Bonchev–Trinajstić information content (AvgIpc) is 3.15. The minimum atomic E-state index is -0.473. The van der Waals surface area contributed by atoms with Gasteiger partial charge < -0.3 is 19.3 Å². The molecule has 2 aliphatic rings. The summed E-state index contributed by atoms with van der Waals surface area (Å²) in [5.74, 6) is 0.291. The van der Waals surface area contributed by atoms with Crippen LogP contribution in [0.25, 0.3) is 0 Å². The zero-order valence-corrected chi connectivity index (χ0v) is 20.3. The molecule has 2 heterocycles. The number of hydrogen-bond acceptors (Lipinski definition) is 5. The lowest BCUT2D eigenvalue weighted by atomic mass is 9.93. The number of piperidine rings is 1. The van der Waals surface area contributed by atoms with Crippen molar-refractivity contribution >= 4 is 23.8 Å².